The molecule has 0 atom stereocenters. The lowest BCUT2D eigenvalue weighted by Crippen LogP contribution is -2.21. The number of nitrogens with zero attached hydrogens (tertiary/aromatic N) is 1. The third-order valence-electron chi connectivity index (χ3n) is 1.80. The van der Waals surface area contributed by atoms with Crippen molar-refractivity contribution in [3.8, 4) is 0 Å². The summed E-state index contributed by atoms with van der Waals surface area (Å²) < 4.78 is 0. The maximum absolute atomic E-state index is 9.63. The van der Waals surface area contributed by atoms with Gasteiger partial charge in [0.2, 0.25) is 0 Å². The average Bonchev–Trinajstić information content (AvgIpc) is 2.30. The minimum Gasteiger partial charge on any atom is -0.390 e. The van der Waals surface area contributed by atoms with Gasteiger partial charge < -0.3 is 5.11 Å². The third-order valence-corrected chi connectivity index (χ3v) is 2.70. The summed E-state index contributed by atoms with van der Waals surface area (Å²) in [4.78, 5) is 4.49. The number of thiazole rings is 1. The second-order valence-corrected chi connectivity index (χ2v) is 5.76. The summed E-state index contributed by atoms with van der Waals surface area (Å²) in [6.07, 6.45) is 1.68. The van der Waals surface area contributed by atoms with E-state index >= 15 is 0 Å². The average molecular weight is 213 g/mol. The van der Waals surface area contributed by atoms with Crippen LogP contribution in [0.5, 0.6) is 0 Å². The normalized spacial score (nSPS) is 12.4. The summed E-state index contributed by atoms with van der Waals surface area (Å²) in [6, 6.07) is 0. The summed E-state index contributed by atoms with van der Waals surface area (Å²) in [5.41, 5.74) is 0.511. The molecule has 0 aliphatic heterocycles. The van der Waals surface area contributed by atoms with Crippen molar-refractivity contribution in [2.45, 2.75) is 46.1 Å². The number of hydrogen-bond donors (Lipinski definition) is 1. The van der Waals surface area contributed by atoms with Crippen molar-refractivity contribution < 1.29 is 5.11 Å². The van der Waals surface area contributed by atoms with Crippen LogP contribution in [0.2, 0.25) is 0 Å². The lowest BCUT2D eigenvalue weighted by molar-refractivity contribution is 0.0809. The van der Waals surface area contributed by atoms with Crippen LogP contribution in [0.1, 0.15) is 38.4 Å². The van der Waals surface area contributed by atoms with E-state index in [0.29, 0.717) is 12.3 Å². The maximum Gasteiger partial charge on any atom is 0.0956 e. The van der Waals surface area contributed by atoms with Crippen molar-refractivity contribution in [1.82, 2.24) is 4.98 Å². The van der Waals surface area contributed by atoms with Gasteiger partial charge in [0, 0.05) is 11.8 Å². The molecule has 0 radical (unpaired) electrons. The summed E-state index contributed by atoms with van der Waals surface area (Å²) in [5, 5.41) is 12.8. The largest absolute Gasteiger partial charge is 0.390 e. The van der Waals surface area contributed by atoms with E-state index < -0.39 is 5.60 Å². The Morgan fingerprint density at radius 3 is 2.64 bits per heavy atom. The monoisotopic (exact) mass is 213 g/mol. The predicted octanol–water partition coefficient (Wildman–Crippen LogP) is 2.66. The molecule has 0 fully saturated rings. The van der Waals surface area contributed by atoms with E-state index in [1.807, 2.05) is 13.8 Å². The van der Waals surface area contributed by atoms with Gasteiger partial charge in [0.25, 0.3) is 0 Å². The van der Waals surface area contributed by atoms with Crippen LogP contribution in [0, 0.1) is 5.92 Å². The van der Waals surface area contributed by atoms with Gasteiger partial charge in [-0.15, -0.1) is 11.3 Å². The second-order valence-electron chi connectivity index (χ2n) is 4.82. The smallest absolute Gasteiger partial charge is 0.0956 e. The highest BCUT2D eigenvalue weighted by atomic mass is 32.1. The van der Waals surface area contributed by atoms with E-state index in [2.05, 4.69) is 24.2 Å². The van der Waals surface area contributed by atoms with Gasteiger partial charge >= 0.3 is 0 Å². The molecule has 3 heteroatoms. The molecule has 0 aliphatic rings. The Hall–Kier alpha value is -0.410. The van der Waals surface area contributed by atoms with Crippen LogP contribution in [0.25, 0.3) is 0 Å². The van der Waals surface area contributed by atoms with Crippen molar-refractivity contribution in [3.05, 3.63) is 16.1 Å². The first-order valence-electron chi connectivity index (χ1n) is 5.02. The van der Waals surface area contributed by atoms with Crippen LogP contribution in [-0.4, -0.2) is 15.7 Å². The molecule has 80 valence electrons. The van der Waals surface area contributed by atoms with Crippen LogP contribution in [0.4, 0.5) is 0 Å². The molecule has 0 unspecified atom stereocenters. The molecule has 0 bridgehead atoms. The first kappa shape index (κ1) is 11.7. The highest BCUT2D eigenvalue weighted by Crippen LogP contribution is 2.18. The Labute approximate surface area is 90.0 Å². The molecule has 2 nitrogen and oxygen atoms in total. The minimum absolute atomic E-state index is 0.645. The molecule has 0 aliphatic carbocycles. The zero-order chi connectivity index (χ0) is 10.8. The van der Waals surface area contributed by atoms with E-state index in [9.17, 15) is 5.11 Å². The Morgan fingerprint density at radius 2 is 2.14 bits per heavy atom. The van der Waals surface area contributed by atoms with Crippen molar-refractivity contribution >= 4 is 11.3 Å². The van der Waals surface area contributed by atoms with Gasteiger partial charge in [-0.05, 0) is 26.2 Å². The molecule has 14 heavy (non-hydrogen) atoms. The van der Waals surface area contributed by atoms with Crippen LogP contribution < -0.4 is 0 Å². The van der Waals surface area contributed by atoms with Crippen LogP contribution >= 0.6 is 11.3 Å². The Morgan fingerprint density at radius 1 is 1.50 bits per heavy atom. The van der Waals surface area contributed by atoms with Gasteiger partial charge in [0.05, 0.1) is 16.3 Å². The highest BCUT2D eigenvalue weighted by molar-refractivity contribution is 7.09. The summed E-state index contributed by atoms with van der Waals surface area (Å²) in [7, 11) is 0. The molecule has 0 aromatic carbocycles. The molecular weight excluding hydrogens is 194 g/mol. The first-order chi connectivity index (χ1) is 6.37. The topological polar surface area (TPSA) is 33.1 Å². The van der Waals surface area contributed by atoms with Crippen LogP contribution in [-0.2, 0) is 12.8 Å². The predicted molar refractivity (Wildman–Crippen MR) is 60.7 cm³/mol. The van der Waals surface area contributed by atoms with Crippen molar-refractivity contribution in [1.29, 1.82) is 0 Å². The van der Waals surface area contributed by atoms with Crippen LogP contribution in [0.3, 0.4) is 0 Å². The lowest BCUT2D eigenvalue weighted by Gasteiger charge is -2.14. The van der Waals surface area contributed by atoms with Crippen molar-refractivity contribution in [2.75, 3.05) is 0 Å². The van der Waals surface area contributed by atoms with Crippen LogP contribution in [0.15, 0.2) is 5.38 Å². The molecule has 0 saturated heterocycles. The van der Waals surface area contributed by atoms with E-state index in [0.717, 1.165) is 17.1 Å². The highest BCUT2D eigenvalue weighted by Gasteiger charge is 2.16. The molecule has 0 amide bonds. The van der Waals surface area contributed by atoms with Gasteiger partial charge in [-0.1, -0.05) is 13.8 Å². The SMILES string of the molecule is CC(C)Cc1csc(CC(C)(C)O)n1. The standard InChI is InChI=1S/C11H19NOS/c1-8(2)5-9-7-14-10(12-9)6-11(3,4)13/h7-8,13H,5-6H2,1-4H3. The molecule has 1 aromatic rings. The van der Waals surface area contributed by atoms with E-state index in [4.69, 9.17) is 0 Å². The molecule has 1 rings (SSSR count). The fourth-order valence-corrected chi connectivity index (χ4v) is 2.34. The molecule has 1 aromatic heterocycles. The molecule has 0 saturated carbocycles. The van der Waals surface area contributed by atoms with E-state index in [-0.39, 0.29) is 0 Å². The second kappa shape index (κ2) is 4.41. The lowest BCUT2D eigenvalue weighted by atomic mass is 10.1. The summed E-state index contributed by atoms with van der Waals surface area (Å²) >= 11 is 1.65. The molecular formula is C11H19NOS. The number of hydrogen-bond acceptors (Lipinski definition) is 3. The molecule has 1 heterocycles. The number of aromatic nitrogens is 1. The fourth-order valence-electron chi connectivity index (χ4n) is 1.31. The maximum atomic E-state index is 9.63. The fraction of sp³-hybridized carbons (Fsp3) is 0.727. The summed E-state index contributed by atoms with van der Waals surface area (Å²) in [5.74, 6) is 0.645. The Balaban J connectivity index is 2.60. The van der Waals surface area contributed by atoms with Crippen molar-refractivity contribution in [3.63, 3.8) is 0 Å². The van der Waals surface area contributed by atoms with Gasteiger partial charge in [-0.25, -0.2) is 4.98 Å². The number of aliphatic hydroxyl groups is 1. The van der Waals surface area contributed by atoms with Gasteiger partial charge in [0.1, 0.15) is 0 Å². The Kier molecular flexibility index (Phi) is 3.67. The number of rotatable bonds is 4. The van der Waals surface area contributed by atoms with Gasteiger partial charge in [-0.2, -0.15) is 0 Å². The summed E-state index contributed by atoms with van der Waals surface area (Å²) in [6.45, 7) is 8.01. The van der Waals surface area contributed by atoms with Crippen molar-refractivity contribution in [2.24, 2.45) is 5.92 Å². The molecule has 0 spiro atoms. The van der Waals surface area contributed by atoms with E-state index in [1.165, 1.54) is 0 Å². The zero-order valence-electron chi connectivity index (χ0n) is 9.37. The minimum atomic E-state index is -0.646. The molecule has 1 N–H and O–H groups in total. The van der Waals surface area contributed by atoms with Gasteiger partial charge in [0.15, 0.2) is 0 Å². The zero-order valence-corrected chi connectivity index (χ0v) is 10.2. The Bertz CT molecular complexity index is 286. The quantitative estimate of drug-likeness (QED) is 0.834. The van der Waals surface area contributed by atoms with E-state index in [1.54, 1.807) is 11.3 Å². The first-order valence-corrected chi connectivity index (χ1v) is 5.90. The van der Waals surface area contributed by atoms with Gasteiger partial charge in [-0.3, -0.25) is 0 Å². The third kappa shape index (κ3) is 4.20.